The Hall–Kier alpha value is -3.11. The van der Waals surface area contributed by atoms with Crippen molar-refractivity contribution in [1.82, 2.24) is 9.62 Å². The van der Waals surface area contributed by atoms with Crippen molar-refractivity contribution < 1.29 is 13.8 Å². The molecule has 0 aromatic heterocycles. The number of benzene rings is 2. The van der Waals surface area contributed by atoms with E-state index in [1.54, 1.807) is 61.6 Å². The number of nitrogens with one attached hydrogen (secondary N) is 1. The van der Waals surface area contributed by atoms with Gasteiger partial charge in [-0.2, -0.15) is 5.26 Å². The van der Waals surface area contributed by atoms with Gasteiger partial charge in [0.25, 0.3) is 11.8 Å². The third-order valence-electron chi connectivity index (χ3n) is 4.02. The van der Waals surface area contributed by atoms with Crippen molar-refractivity contribution in [3.05, 3.63) is 65.2 Å². The van der Waals surface area contributed by atoms with Crippen LogP contribution in [0.3, 0.4) is 0 Å². The third-order valence-corrected chi connectivity index (χ3v) is 6.05. The number of hydrogen-bond donors (Lipinski definition) is 1. The summed E-state index contributed by atoms with van der Waals surface area (Å²) in [6.45, 7) is 1.74. The SMILES string of the molecule is CC=S(=O)(NC#N)c1ccc(CN2C(=O)c3ccccc3C2=O)cc1. The lowest BCUT2D eigenvalue weighted by Gasteiger charge is -2.15. The Morgan fingerprint density at radius 3 is 2.12 bits per heavy atom. The monoisotopic (exact) mass is 353 g/mol. The number of amides is 2. The summed E-state index contributed by atoms with van der Waals surface area (Å²) in [5, 5.41) is 10.2. The van der Waals surface area contributed by atoms with Crippen LogP contribution in [0.25, 0.3) is 0 Å². The van der Waals surface area contributed by atoms with Crippen LogP contribution in [0.2, 0.25) is 0 Å². The number of nitriles is 1. The van der Waals surface area contributed by atoms with Crippen molar-refractivity contribution in [2.24, 2.45) is 0 Å². The van der Waals surface area contributed by atoms with Gasteiger partial charge in [-0.25, -0.2) is 8.93 Å². The van der Waals surface area contributed by atoms with Crippen molar-refractivity contribution in [2.45, 2.75) is 18.4 Å². The van der Waals surface area contributed by atoms with E-state index >= 15 is 0 Å². The van der Waals surface area contributed by atoms with Crippen LogP contribution in [0, 0.1) is 11.5 Å². The fraction of sp³-hybridized carbons (Fsp3) is 0.111. The van der Waals surface area contributed by atoms with Crippen LogP contribution in [-0.2, 0) is 16.3 Å². The van der Waals surface area contributed by atoms with Crippen molar-refractivity contribution in [1.29, 1.82) is 5.26 Å². The van der Waals surface area contributed by atoms with Crippen LogP contribution in [0.15, 0.2) is 53.4 Å². The first-order valence-corrected chi connectivity index (χ1v) is 9.16. The average Bonchev–Trinajstić information content (AvgIpc) is 2.88. The van der Waals surface area contributed by atoms with E-state index in [0.717, 1.165) is 5.56 Å². The molecule has 0 radical (unpaired) electrons. The van der Waals surface area contributed by atoms with Gasteiger partial charge in [0.1, 0.15) is 0 Å². The summed E-state index contributed by atoms with van der Waals surface area (Å²) in [6.07, 6.45) is 1.70. The predicted molar refractivity (Wildman–Crippen MR) is 94.0 cm³/mol. The smallest absolute Gasteiger partial charge is 0.261 e. The van der Waals surface area contributed by atoms with Crippen LogP contribution >= 0.6 is 0 Å². The normalized spacial score (nSPS) is 15.3. The molecule has 1 aliphatic rings. The Kier molecular flexibility index (Phi) is 4.30. The minimum Gasteiger partial charge on any atom is -0.270 e. The molecular weight excluding hydrogens is 338 g/mol. The molecule has 1 N–H and O–H groups in total. The largest absolute Gasteiger partial charge is 0.270 e. The zero-order valence-corrected chi connectivity index (χ0v) is 14.2. The summed E-state index contributed by atoms with van der Waals surface area (Å²) in [5.74, 6) is -0.636. The summed E-state index contributed by atoms with van der Waals surface area (Å²) in [4.78, 5) is 26.4. The van der Waals surface area contributed by atoms with E-state index in [1.165, 1.54) is 10.3 Å². The maximum atomic E-state index is 12.6. The van der Waals surface area contributed by atoms with Gasteiger partial charge in [-0.3, -0.25) is 14.5 Å². The summed E-state index contributed by atoms with van der Waals surface area (Å²) >= 11 is 0. The Labute approximate surface area is 145 Å². The zero-order valence-electron chi connectivity index (χ0n) is 13.4. The average molecular weight is 353 g/mol. The van der Waals surface area contributed by atoms with Crippen molar-refractivity contribution in [3.63, 3.8) is 0 Å². The maximum absolute atomic E-state index is 12.6. The Balaban J connectivity index is 1.84. The summed E-state index contributed by atoms with van der Waals surface area (Å²) in [6, 6.07) is 13.4. The topological polar surface area (TPSA) is 90.3 Å². The van der Waals surface area contributed by atoms with Crippen LogP contribution in [-0.4, -0.2) is 26.3 Å². The number of hydrogen-bond acceptors (Lipinski definition) is 4. The van der Waals surface area contributed by atoms with E-state index < -0.39 is 9.71 Å². The fourth-order valence-electron chi connectivity index (χ4n) is 2.68. The van der Waals surface area contributed by atoms with Gasteiger partial charge >= 0.3 is 0 Å². The van der Waals surface area contributed by atoms with Gasteiger partial charge in [0.15, 0.2) is 6.19 Å². The molecule has 0 aliphatic carbocycles. The number of nitrogens with zero attached hydrogens (tertiary/aromatic N) is 2. The fourth-order valence-corrected chi connectivity index (χ4v) is 3.87. The van der Waals surface area contributed by atoms with Crippen molar-refractivity contribution in [3.8, 4) is 6.19 Å². The van der Waals surface area contributed by atoms with Crippen LogP contribution < -0.4 is 4.72 Å². The van der Waals surface area contributed by atoms with E-state index in [1.807, 2.05) is 0 Å². The highest BCUT2D eigenvalue weighted by atomic mass is 32.2. The summed E-state index contributed by atoms with van der Waals surface area (Å²) in [5.41, 5.74) is 1.55. The van der Waals surface area contributed by atoms with Crippen LogP contribution in [0.1, 0.15) is 33.2 Å². The zero-order chi connectivity index (χ0) is 18.0. The number of imide groups is 1. The highest BCUT2D eigenvalue weighted by Gasteiger charge is 2.34. The molecule has 7 heteroatoms. The number of fused-ring (bicyclic) bond motifs is 1. The molecule has 1 atom stereocenters. The summed E-state index contributed by atoms with van der Waals surface area (Å²) in [7, 11) is -2.75. The molecule has 25 heavy (non-hydrogen) atoms. The third kappa shape index (κ3) is 2.88. The second kappa shape index (κ2) is 6.42. The van der Waals surface area contributed by atoms with Gasteiger partial charge in [-0.05, 0) is 42.1 Å². The lowest BCUT2D eigenvalue weighted by Crippen LogP contribution is -2.29. The van der Waals surface area contributed by atoms with Gasteiger partial charge in [0.05, 0.1) is 32.3 Å². The van der Waals surface area contributed by atoms with E-state index in [0.29, 0.717) is 16.0 Å². The molecule has 1 heterocycles. The van der Waals surface area contributed by atoms with E-state index in [9.17, 15) is 13.8 Å². The molecule has 2 amide bonds. The first-order chi connectivity index (χ1) is 12.0. The molecule has 126 valence electrons. The molecule has 0 saturated carbocycles. The minimum absolute atomic E-state index is 0.134. The molecule has 0 fully saturated rings. The maximum Gasteiger partial charge on any atom is 0.261 e. The second-order valence-electron chi connectivity index (χ2n) is 5.44. The van der Waals surface area contributed by atoms with Crippen LogP contribution in [0.5, 0.6) is 0 Å². The van der Waals surface area contributed by atoms with Gasteiger partial charge < -0.3 is 0 Å². The molecule has 0 saturated heterocycles. The molecule has 2 aromatic carbocycles. The Morgan fingerprint density at radius 1 is 1.08 bits per heavy atom. The number of rotatable bonds is 4. The van der Waals surface area contributed by atoms with Crippen molar-refractivity contribution >= 4 is 26.9 Å². The Bertz CT molecular complexity index is 978. The minimum atomic E-state index is -2.75. The highest BCUT2D eigenvalue weighted by Crippen LogP contribution is 2.24. The van der Waals surface area contributed by atoms with Gasteiger partial charge in [0, 0.05) is 0 Å². The molecule has 2 aromatic rings. The van der Waals surface area contributed by atoms with Gasteiger partial charge in [-0.15, -0.1) is 0 Å². The summed E-state index contributed by atoms with van der Waals surface area (Å²) < 4.78 is 14.9. The molecular formula is C18H15N3O3S. The van der Waals surface area contributed by atoms with Gasteiger partial charge in [-0.1, -0.05) is 24.3 Å². The molecule has 6 nitrogen and oxygen atoms in total. The first-order valence-electron chi connectivity index (χ1n) is 7.54. The quantitative estimate of drug-likeness (QED) is 0.394. The van der Waals surface area contributed by atoms with E-state index in [-0.39, 0.29) is 18.4 Å². The molecule has 1 aliphatic heterocycles. The molecule has 0 bridgehead atoms. The highest BCUT2D eigenvalue weighted by molar-refractivity contribution is 7.99. The standard InChI is InChI=1S/C18H15N3O3S/c1-2-25(24,20-12-19)14-9-7-13(8-10-14)11-21-17(22)15-5-3-4-6-16(15)18(21)23/h2-10H,11H2,1H3,(H,20,24). The van der Waals surface area contributed by atoms with Gasteiger partial charge in [0.2, 0.25) is 0 Å². The number of carbonyl (C=O) groups excluding carboxylic acids is 2. The molecule has 3 rings (SSSR count). The Morgan fingerprint density at radius 2 is 1.64 bits per heavy atom. The molecule has 1 unspecified atom stereocenters. The first kappa shape index (κ1) is 16.7. The lowest BCUT2D eigenvalue weighted by molar-refractivity contribution is 0.0642. The van der Waals surface area contributed by atoms with Crippen molar-refractivity contribution in [2.75, 3.05) is 0 Å². The number of carbonyl (C=O) groups is 2. The van der Waals surface area contributed by atoms with E-state index in [2.05, 4.69) is 4.72 Å². The van der Waals surface area contributed by atoms with E-state index in [4.69, 9.17) is 5.26 Å². The van der Waals surface area contributed by atoms with Crippen LogP contribution in [0.4, 0.5) is 0 Å². The second-order valence-corrected chi connectivity index (χ2v) is 7.78. The lowest BCUT2D eigenvalue weighted by atomic mass is 10.1. The predicted octanol–water partition coefficient (Wildman–Crippen LogP) is 1.93. The molecule has 0 spiro atoms.